The van der Waals surface area contributed by atoms with Gasteiger partial charge in [-0.2, -0.15) is 5.10 Å². The molecule has 1 heterocycles. The van der Waals surface area contributed by atoms with Crippen molar-refractivity contribution in [3.63, 3.8) is 0 Å². The van der Waals surface area contributed by atoms with Crippen LogP contribution in [-0.4, -0.2) is 25.8 Å². The summed E-state index contributed by atoms with van der Waals surface area (Å²) in [6.45, 7) is 0.917. The van der Waals surface area contributed by atoms with E-state index in [1.807, 2.05) is 42.6 Å². The fraction of sp³-hybridized carbons (Fsp3) is 0.211. The molecule has 0 fully saturated rings. The Morgan fingerprint density at radius 3 is 2.82 bits per heavy atom. The summed E-state index contributed by atoms with van der Waals surface area (Å²) >= 11 is 6.21. The lowest BCUT2D eigenvalue weighted by Crippen LogP contribution is -2.45. The van der Waals surface area contributed by atoms with Crippen LogP contribution in [0.3, 0.4) is 0 Å². The van der Waals surface area contributed by atoms with Gasteiger partial charge in [0.1, 0.15) is 12.4 Å². The second kappa shape index (κ2) is 9.43. The number of amidine groups is 1. The molecule has 0 saturated heterocycles. The maximum absolute atomic E-state index is 6.21. The highest BCUT2D eigenvalue weighted by Gasteiger charge is 2.17. The number of nitrogens with zero attached hydrogens (tertiary/aromatic N) is 1. The van der Waals surface area contributed by atoms with E-state index >= 15 is 0 Å². The Hall–Kier alpha value is -2.78. The first-order chi connectivity index (χ1) is 13.7. The first-order valence-corrected chi connectivity index (χ1v) is 9.00. The van der Waals surface area contributed by atoms with Crippen molar-refractivity contribution < 1.29 is 9.47 Å². The molecule has 1 aliphatic heterocycles. The standard InChI is InChI=1S/C19H23ClN6O2/c1-27-19-23-9-13(10-24-19)16-8-14(20)6-7-17(16)28-11-12-4-2-3-5-15(12)18(25-21)26-22/h2-9,19,23-24H,10-11,21-22H2,1H3,(H,25,26). The molecule has 0 spiro atoms. The quantitative estimate of drug-likeness (QED) is 0.215. The van der Waals surface area contributed by atoms with E-state index in [1.54, 1.807) is 13.2 Å². The fourth-order valence-electron chi connectivity index (χ4n) is 2.91. The molecule has 148 valence electrons. The number of hydrazone groups is 1. The lowest BCUT2D eigenvalue weighted by Gasteiger charge is -2.25. The number of methoxy groups -OCH3 is 1. The Bertz CT molecular complexity index is 886. The van der Waals surface area contributed by atoms with Crippen molar-refractivity contribution in [2.45, 2.75) is 13.0 Å². The number of hydrogen-bond acceptors (Lipinski definition) is 7. The van der Waals surface area contributed by atoms with Crippen LogP contribution < -0.4 is 32.5 Å². The maximum atomic E-state index is 6.21. The summed E-state index contributed by atoms with van der Waals surface area (Å²) < 4.78 is 11.3. The van der Waals surface area contributed by atoms with Crippen molar-refractivity contribution in [3.8, 4) is 5.75 Å². The maximum Gasteiger partial charge on any atom is 0.183 e. The topological polar surface area (TPSA) is 119 Å². The molecule has 1 aliphatic rings. The molecule has 9 heteroatoms. The van der Waals surface area contributed by atoms with E-state index in [1.165, 1.54) is 0 Å². The van der Waals surface area contributed by atoms with Crippen LogP contribution in [0.4, 0.5) is 0 Å². The molecule has 0 aliphatic carbocycles. The summed E-state index contributed by atoms with van der Waals surface area (Å²) in [5, 5.41) is 10.7. The number of nitrogens with two attached hydrogens (primary N) is 2. The number of halogens is 1. The molecule has 0 saturated carbocycles. The largest absolute Gasteiger partial charge is 0.488 e. The Labute approximate surface area is 168 Å². The SMILES string of the molecule is COC1NC=C(c2cc(Cl)ccc2OCc2ccccc2/C(=N/N)NN)CN1. The molecule has 0 aromatic heterocycles. The normalized spacial score (nSPS) is 16.9. The van der Waals surface area contributed by atoms with Crippen LogP contribution in [0.1, 0.15) is 16.7 Å². The third kappa shape index (κ3) is 4.55. The highest BCUT2D eigenvalue weighted by molar-refractivity contribution is 6.30. The minimum absolute atomic E-state index is 0.225. The summed E-state index contributed by atoms with van der Waals surface area (Å²) in [5.74, 6) is 12.0. The van der Waals surface area contributed by atoms with Crippen LogP contribution in [-0.2, 0) is 11.3 Å². The molecular weight excluding hydrogens is 380 g/mol. The van der Waals surface area contributed by atoms with Gasteiger partial charge in [-0.3, -0.25) is 5.32 Å². The van der Waals surface area contributed by atoms with Crippen molar-refractivity contribution in [1.82, 2.24) is 16.1 Å². The lowest BCUT2D eigenvalue weighted by atomic mass is 10.0. The Kier molecular flexibility index (Phi) is 6.72. The zero-order chi connectivity index (χ0) is 19.9. The molecule has 1 unspecified atom stereocenters. The van der Waals surface area contributed by atoms with Gasteiger partial charge in [0.05, 0.1) is 0 Å². The van der Waals surface area contributed by atoms with Crippen LogP contribution >= 0.6 is 11.6 Å². The molecule has 1 atom stereocenters. The molecule has 7 N–H and O–H groups in total. The molecule has 3 rings (SSSR count). The van der Waals surface area contributed by atoms with Crippen LogP contribution in [0, 0.1) is 0 Å². The van der Waals surface area contributed by atoms with E-state index in [-0.39, 0.29) is 6.35 Å². The van der Waals surface area contributed by atoms with Crippen LogP contribution in [0.25, 0.3) is 5.57 Å². The van der Waals surface area contributed by atoms with E-state index < -0.39 is 0 Å². The Balaban J connectivity index is 1.84. The van der Waals surface area contributed by atoms with Gasteiger partial charge in [0, 0.05) is 41.6 Å². The minimum atomic E-state index is -0.225. The van der Waals surface area contributed by atoms with E-state index in [0.29, 0.717) is 29.8 Å². The second-order valence-electron chi connectivity index (χ2n) is 6.04. The number of ether oxygens (including phenoxy) is 2. The molecule has 0 radical (unpaired) electrons. The van der Waals surface area contributed by atoms with E-state index in [4.69, 9.17) is 32.8 Å². The summed E-state index contributed by atoms with van der Waals surface area (Å²) in [5.41, 5.74) is 6.06. The number of nitrogens with one attached hydrogen (secondary N) is 3. The number of hydrogen-bond donors (Lipinski definition) is 5. The zero-order valence-electron chi connectivity index (χ0n) is 15.4. The van der Waals surface area contributed by atoms with E-state index in [2.05, 4.69) is 21.2 Å². The molecular formula is C19H23ClN6O2. The van der Waals surface area contributed by atoms with Gasteiger partial charge in [0.25, 0.3) is 0 Å². The zero-order valence-corrected chi connectivity index (χ0v) is 16.2. The number of rotatable bonds is 6. The highest BCUT2D eigenvalue weighted by Crippen LogP contribution is 2.30. The minimum Gasteiger partial charge on any atom is -0.488 e. The van der Waals surface area contributed by atoms with Crippen molar-refractivity contribution in [2.24, 2.45) is 16.8 Å². The van der Waals surface area contributed by atoms with Gasteiger partial charge >= 0.3 is 0 Å². The highest BCUT2D eigenvalue weighted by atomic mass is 35.5. The Morgan fingerprint density at radius 2 is 2.14 bits per heavy atom. The van der Waals surface area contributed by atoms with E-state index in [0.717, 1.165) is 22.3 Å². The van der Waals surface area contributed by atoms with Crippen molar-refractivity contribution in [1.29, 1.82) is 0 Å². The van der Waals surface area contributed by atoms with Crippen LogP contribution in [0.15, 0.2) is 53.8 Å². The molecule has 2 aromatic carbocycles. The van der Waals surface area contributed by atoms with Gasteiger partial charge in [0.2, 0.25) is 0 Å². The van der Waals surface area contributed by atoms with Crippen molar-refractivity contribution in [2.75, 3.05) is 13.7 Å². The van der Waals surface area contributed by atoms with Gasteiger partial charge in [-0.05, 0) is 23.8 Å². The summed E-state index contributed by atoms with van der Waals surface area (Å²) in [6.07, 6.45) is 1.67. The average Bonchev–Trinajstić information content (AvgIpc) is 2.74. The first kappa shape index (κ1) is 20.0. The van der Waals surface area contributed by atoms with Crippen LogP contribution in [0.2, 0.25) is 5.02 Å². The number of benzene rings is 2. The Morgan fingerprint density at radius 1 is 1.32 bits per heavy atom. The predicted molar refractivity (Wildman–Crippen MR) is 110 cm³/mol. The first-order valence-electron chi connectivity index (χ1n) is 8.63. The monoisotopic (exact) mass is 402 g/mol. The molecule has 0 amide bonds. The molecule has 28 heavy (non-hydrogen) atoms. The molecule has 0 bridgehead atoms. The fourth-order valence-corrected chi connectivity index (χ4v) is 3.08. The predicted octanol–water partition coefficient (Wildman–Crippen LogP) is 1.47. The summed E-state index contributed by atoms with van der Waals surface area (Å²) in [7, 11) is 1.63. The third-order valence-corrected chi connectivity index (χ3v) is 4.57. The summed E-state index contributed by atoms with van der Waals surface area (Å²) in [4.78, 5) is 0. The average molecular weight is 403 g/mol. The lowest BCUT2D eigenvalue weighted by molar-refractivity contribution is 0.0578. The van der Waals surface area contributed by atoms with Gasteiger partial charge in [-0.1, -0.05) is 35.9 Å². The van der Waals surface area contributed by atoms with Crippen molar-refractivity contribution >= 4 is 23.0 Å². The number of hydrazine groups is 1. The third-order valence-electron chi connectivity index (χ3n) is 4.33. The van der Waals surface area contributed by atoms with Crippen LogP contribution in [0.5, 0.6) is 5.75 Å². The van der Waals surface area contributed by atoms with Crippen molar-refractivity contribution in [3.05, 3.63) is 70.4 Å². The molecule has 2 aromatic rings. The van der Waals surface area contributed by atoms with Gasteiger partial charge < -0.3 is 26.1 Å². The smallest absolute Gasteiger partial charge is 0.183 e. The summed E-state index contributed by atoms with van der Waals surface area (Å²) in [6, 6.07) is 13.1. The molecule has 8 nitrogen and oxygen atoms in total. The van der Waals surface area contributed by atoms with Gasteiger partial charge in [-0.25, -0.2) is 5.84 Å². The second-order valence-corrected chi connectivity index (χ2v) is 6.48. The van der Waals surface area contributed by atoms with Gasteiger partial charge in [0.15, 0.2) is 12.2 Å². The van der Waals surface area contributed by atoms with Gasteiger partial charge in [-0.15, -0.1) is 0 Å². The van der Waals surface area contributed by atoms with E-state index in [9.17, 15) is 0 Å².